The second-order valence-electron chi connectivity index (χ2n) is 4.44. The van der Waals surface area contributed by atoms with E-state index in [4.69, 9.17) is 4.42 Å². The third-order valence-electron chi connectivity index (χ3n) is 2.93. The Bertz CT molecular complexity index is 812. The summed E-state index contributed by atoms with van der Waals surface area (Å²) in [5.74, 6) is 0.865. The number of nitrogens with zero attached hydrogens (tertiary/aromatic N) is 4. The summed E-state index contributed by atoms with van der Waals surface area (Å²) in [6.07, 6.45) is 0. The minimum absolute atomic E-state index is 0.154. The number of phenolic OH excluding ortho intramolecular Hbond substituents is 1. The highest BCUT2D eigenvalue weighted by Crippen LogP contribution is 2.24. The van der Waals surface area contributed by atoms with Crippen molar-refractivity contribution < 1.29 is 19.1 Å². The number of tetrazole rings is 1. The number of ether oxygens (including phenoxy) is 1. The van der Waals surface area contributed by atoms with Gasteiger partial charge in [-0.05, 0) is 46.8 Å². The van der Waals surface area contributed by atoms with E-state index in [1.165, 1.54) is 18.9 Å². The molecule has 0 amide bonds. The van der Waals surface area contributed by atoms with Crippen LogP contribution in [0.2, 0.25) is 0 Å². The predicted molar refractivity (Wildman–Crippen MR) is 80.4 cm³/mol. The summed E-state index contributed by atoms with van der Waals surface area (Å²) in [6, 6.07) is 9.79. The summed E-state index contributed by atoms with van der Waals surface area (Å²) in [6.45, 7) is 0. The molecule has 3 aromatic rings. The summed E-state index contributed by atoms with van der Waals surface area (Å²) >= 11 is 1.36. The standard InChI is InChI=1S/C14H12N4O4S/c1-21-13(20)12-7-6-11(22-12)8-23-14-15-16-17-18(14)9-2-4-10(19)5-3-9/h2-7,19H,8H2,1H3. The van der Waals surface area contributed by atoms with Crippen LogP contribution >= 0.6 is 11.8 Å². The van der Waals surface area contributed by atoms with Crippen LogP contribution in [0.1, 0.15) is 16.3 Å². The highest BCUT2D eigenvalue weighted by Gasteiger charge is 2.13. The Hall–Kier alpha value is -2.81. The Morgan fingerprint density at radius 2 is 2.09 bits per heavy atom. The van der Waals surface area contributed by atoms with Crippen molar-refractivity contribution in [3.8, 4) is 11.4 Å². The van der Waals surface area contributed by atoms with Gasteiger partial charge < -0.3 is 14.3 Å². The SMILES string of the molecule is COC(=O)c1ccc(CSc2nnnn2-c2ccc(O)cc2)o1. The van der Waals surface area contributed by atoms with Gasteiger partial charge in [0.2, 0.25) is 10.9 Å². The monoisotopic (exact) mass is 332 g/mol. The molecule has 1 N–H and O–H groups in total. The minimum Gasteiger partial charge on any atom is -0.508 e. The maximum Gasteiger partial charge on any atom is 0.373 e. The molecular formula is C14H12N4O4S. The van der Waals surface area contributed by atoms with Crippen molar-refractivity contribution in [1.82, 2.24) is 20.2 Å². The average molecular weight is 332 g/mol. The van der Waals surface area contributed by atoms with Gasteiger partial charge in [-0.15, -0.1) is 5.10 Å². The van der Waals surface area contributed by atoms with Gasteiger partial charge >= 0.3 is 5.97 Å². The summed E-state index contributed by atoms with van der Waals surface area (Å²) in [7, 11) is 1.30. The topological polar surface area (TPSA) is 103 Å². The van der Waals surface area contributed by atoms with E-state index < -0.39 is 5.97 Å². The van der Waals surface area contributed by atoms with Crippen LogP contribution in [0.4, 0.5) is 0 Å². The van der Waals surface area contributed by atoms with Crippen LogP contribution in [-0.2, 0) is 10.5 Å². The van der Waals surface area contributed by atoms with Crippen LogP contribution in [0.3, 0.4) is 0 Å². The molecule has 0 radical (unpaired) electrons. The largest absolute Gasteiger partial charge is 0.508 e. The van der Waals surface area contributed by atoms with Gasteiger partial charge in [0.15, 0.2) is 0 Å². The third kappa shape index (κ3) is 3.34. The molecule has 23 heavy (non-hydrogen) atoms. The van der Waals surface area contributed by atoms with Gasteiger partial charge in [0.1, 0.15) is 11.5 Å². The summed E-state index contributed by atoms with van der Waals surface area (Å²) in [5.41, 5.74) is 0.727. The Kier molecular flexibility index (Phi) is 4.29. The molecule has 0 unspecified atom stereocenters. The molecule has 0 aliphatic heterocycles. The maximum absolute atomic E-state index is 11.3. The number of carbonyl (C=O) groups is 1. The molecule has 2 aromatic heterocycles. The van der Waals surface area contributed by atoms with E-state index in [0.717, 1.165) is 5.69 Å². The zero-order chi connectivity index (χ0) is 16.2. The van der Waals surface area contributed by atoms with E-state index in [1.54, 1.807) is 41.1 Å². The van der Waals surface area contributed by atoms with Gasteiger partial charge in [-0.3, -0.25) is 0 Å². The number of esters is 1. The van der Waals surface area contributed by atoms with Crippen molar-refractivity contribution in [1.29, 1.82) is 0 Å². The smallest absolute Gasteiger partial charge is 0.373 e. The molecule has 3 rings (SSSR count). The number of aromatic hydroxyl groups is 1. The van der Waals surface area contributed by atoms with Crippen molar-refractivity contribution in [2.45, 2.75) is 10.9 Å². The van der Waals surface area contributed by atoms with Gasteiger partial charge in [-0.25, -0.2) is 4.79 Å². The van der Waals surface area contributed by atoms with Crippen LogP contribution in [0.25, 0.3) is 5.69 Å². The third-order valence-corrected chi connectivity index (χ3v) is 3.87. The fourth-order valence-electron chi connectivity index (χ4n) is 1.83. The number of methoxy groups -OCH3 is 1. The normalized spacial score (nSPS) is 10.7. The van der Waals surface area contributed by atoms with E-state index >= 15 is 0 Å². The first kappa shape index (κ1) is 15.1. The molecule has 118 valence electrons. The van der Waals surface area contributed by atoms with Crippen LogP contribution in [-0.4, -0.2) is 38.4 Å². The Labute approximate surface area is 135 Å². The van der Waals surface area contributed by atoms with Gasteiger partial charge in [-0.2, -0.15) is 4.68 Å². The van der Waals surface area contributed by atoms with Crippen molar-refractivity contribution >= 4 is 17.7 Å². The lowest BCUT2D eigenvalue weighted by Crippen LogP contribution is -1.99. The molecule has 2 heterocycles. The number of phenols is 1. The fraction of sp³-hybridized carbons (Fsp3) is 0.143. The van der Waals surface area contributed by atoms with Gasteiger partial charge in [-0.1, -0.05) is 11.8 Å². The molecule has 9 heteroatoms. The van der Waals surface area contributed by atoms with E-state index in [9.17, 15) is 9.90 Å². The lowest BCUT2D eigenvalue weighted by Gasteiger charge is -2.03. The summed E-state index contributed by atoms with van der Waals surface area (Å²) in [5, 5.41) is 21.4. The van der Waals surface area contributed by atoms with E-state index in [-0.39, 0.29) is 11.5 Å². The van der Waals surface area contributed by atoms with Crippen molar-refractivity contribution in [3.05, 3.63) is 47.9 Å². The van der Waals surface area contributed by atoms with Crippen LogP contribution in [0.15, 0.2) is 46.0 Å². The summed E-state index contributed by atoms with van der Waals surface area (Å²) in [4.78, 5) is 11.3. The molecule has 0 bridgehead atoms. The zero-order valence-corrected chi connectivity index (χ0v) is 12.9. The molecule has 0 saturated heterocycles. The van der Waals surface area contributed by atoms with Gasteiger partial charge in [0.25, 0.3) is 0 Å². The summed E-state index contributed by atoms with van der Waals surface area (Å²) < 4.78 is 11.5. The number of furan rings is 1. The second kappa shape index (κ2) is 6.53. The molecule has 1 aromatic carbocycles. The lowest BCUT2D eigenvalue weighted by atomic mass is 10.3. The first-order chi connectivity index (χ1) is 11.2. The van der Waals surface area contributed by atoms with E-state index in [1.807, 2.05) is 0 Å². The number of benzene rings is 1. The second-order valence-corrected chi connectivity index (χ2v) is 5.38. The molecular weight excluding hydrogens is 320 g/mol. The fourth-order valence-corrected chi connectivity index (χ4v) is 2.61. The van der Waals surface area contributed by atoms with Crippen molar-refractivity contribution in [2.24, 2.45) is 0 Å². The molecule has 0 fully saturated rings. The number of carbonyl (C=O) groups excluding carboxylic acids is 1. The first-order valence-electron chi connectivity index (χ1n) is 6.55. The van der Waals surface area contributed by atoms with Gasteiger partial charge in [0, 0.05) is 0 Å². The molecule has 0 atom stereocenters. The highest BCUT2D eigenvalue weighted by molar-refractivity contribution is 7.98. The Balaban J connectivity index is 1.72. The number of aromatic nitrogens is 4. The minimum atomic E-state index is -0.518. The predicted octanol–water partition coefficient (Wildman–Crippen LogP) is 2.04. The zero-order valence-electron chi connectivity index (χ0n) is 12.0. The Morgan fingerprint density at radius 3 is 2.83 bits per heavy atom. The van der Waals surface area contributed by atoms with Gasteiger partial charge in [0.05, 0.1) is 18.6 Å². The maximum atomic E-state index is 11.3. The quantitative estimate of drug-likeness (QED) is 0.559. The van der Waals surface area contributed by atoms with Crippen molar-refractivity contribution in [3.63, 3.8) is 0 Å². The van der Waals surface area contributed by atoms with Crippen LogP contribution in [0, 0.1) is 0 Å². The molecule has 0 spiro atoms. The number of thioether (sulfide) groups is 1. The lowest BCUT2D eigenvalue weighted by molar-refractivity contribution is 0.0563. The first-order valence-corrected chi connectivity index (χ1v) is 7.53. The van der Waals surface area contributed by atoms with Crippen molar-refractivity contribution in [2.75, 3.05) is 7.11 Å². The molecule has 0 aliphatic rings. The van der Waals surface area contributed by atoms with E-state index in [2.05, 4.69) is 20.3 Å². The highest BCUT2D eigenvalue weighted by atomic mass is 32.2. The average Bonchev–Trinajstić information content (AvgIpc) is 3.22. The Morgan fingerprint density at radius 1 is 1.30 bits per heavy atom. The van der Waals surface area contributed by atoms with Crippen LogP contribution < -0.4 is 0 Å². The van der Waals surface area contributed by atoms with E-state index in [0.29, 0.717) is 16.7 Å². The van der Waals surface area contributed by atoms with Crippen LogP contribution in [0.5, 0.6) is 5.75 Å². The number of hydrogen-bond acceptors (Lipinski definition) is 8. The number of hydrogen-bond donors (Lipinski definition) is 1. The molecule has 8 nitrogen and oxygen atoms in total. The molecule has 0 saturated carbocycles. The molecule has 0 aliphatic carbocycles. The number of rotatable bonds is 5.